The molecule has 4 nitrogen and oxygen atoms in total. The molecule has 1 aliphatic carbocycles. The van der Waals surface area contributed by atoms with Crippen molar-refractivity contribution in [3.63, 3.8) is 0 Å². The van der Waals surface area contributed by atoms with E-state index in [2.05, 4.69) is 10.6 Å². The molecule has 0 atom stereocenters. The number of amides is 2. The number of benzene rings is 1. The normalized spacial score (nSPS) is 14.3. The molecule has 138 valence electrons. The van der Waals surface area contributed by atoms with Crippen LogP contribution in [-0.2, 0) is 17.6 Å². The highest BCUT2D eigenvalue weighted by atomic mass is 127. The molecule has 26 heavy (non-hydrogen) atoms. The van der Waals surface area contributed by atoms with Gasteiger partial charge in [-0.2, -0.15) is 8.78 Å². The minimum atomic E-state index is -3.54. The molecule has 0 radical (unpaired) electrons. The topological polar surface area (TPSA) is 58.2 Å². The third kappa shape index (κ3) is 4.40. The maximum atomic E-state index is 13.3. The van der Waals surface area contributed by atoms with Gasteiger partial charge < -0.3 is 10.6 Å². The van der Waals surface area contributed by atoms with Gasteiger partial charge in [0.2, 0.25) is 0 Å². The largest absolute Gasteiger partial charge is 0.372 e. The van der Waals surface area contributed by atoms with Crippen molar-refractivity contribution in [2.45, 2.75) is 36.0 Å². The lowest BCUT2D eigenvalue weighted by atomic mass is 10.0. The minimum Gasteiger partial charge on any atom is -0.322 e. The Morgan fingerprint density at radius 1 is 1.04 bits per heavy atom. The van der Waals surface area contributed by atoms with E-state index in [0.29, 0.717) is 17.7 Å². The predicted octanol–water partition coefficient (Wildman–Crippen LogP) is 5.24. The summed E-state index contributed by atoms with van der Waals surface area (Å²) in [6, 6.07) is 8.92. The van der Waals surface area contributed by atoms with Crippen LogP contribution < -0.4 is 10.6 Å². The van der Waals surface area contributed by atoms with Crippen LogP contribution in [0.4, 0.5) is 19.5 Å². The first kappa shape index (κ1) is 19.2. The van der Waals surface area contributed by atoms with Crippen molar-refractivity contribution < 1.29 is 18.4 Å². The van der Waals surface area contributed by atoms with Crippen LogP contribution in [0.1, 0.15) is 40.1 Å². The van der Waals surface area contributed by atoms with Crippen LogP contribution in [0.25, 0.3) is 0 Å². The van der Waals surface area contributed by atoms with Crippen molar-refractivity contribution in [3.05, 3.63) is 46.3 Å². The van der Waals surface area contributed by atoms with E-state index >= 15 is 0 Å². The molecular weight excluding hydrogens is 473 g/mol. The molecule has 8 heteroatoms. The first-order valence-corrected chi connectivity index (χ1v) is 10.1. The van der Waals surface area contributed by atoms with Gasteiger partial charge in [-0.15, -0.1) is 11.3 Å². The highest BCUT2D eigenvalue weighted by molar-refractivity contribution is 14.1. The molecule has 0 aliphatic heterocycles. The van der Waals surface area contributed by atoms with Gasteiger partial charge in [0.15, 0.2) is 0 Å². The molecule has 0 saturated heterocycles. The number of anilines is 2. The van der Waals surface area contributed by atoms with Gasteiger partial charge in [0.05, 0.1) is 5.56 Å². The van der Waals surface area contributed by atoms with Crippen LogP contribution in [0.3, 0.4) is 0 Å². The van der Waals surface area contributed by atoms with Gasteiger partial charge in [-0.05, 0) is 43.4 Å². The summed E-state index contributed by atoms with van der Waals surface area (Å²) >= 11 is 2.02. The maximum Gasteiger partial charge on any atom is 0.372 e. The van der Waals surface area contributed by atoms with Crippen LogP contribution in [0.5, 0.6) is 0 Å². The second kappa shape index (κ2) is 7.99. The lowest BCUT2D eigenvalue weighted by molar-refractivity contribution is -0.127. The van der Waals surface area contributed by atoms with Gasteiger partial charge in [0, 0.05) is 33.2 Å². The standard InChI is InChI=1S/C18H17F2IN2O2S/c19-18(20,21)17(25)23-16-14(12-9-5-2-6-10-13(12)26-16)15(24)22-11-7-3-1-4-8-11/h1,3-4,7-8H,2,5-6,9-10H2,(H,22,24)(H,23,25). The van der Waals surface area contributed by atoms with E-state index in [4.69, 9.17) is 0 Å². The number of thiophene rings is 1. The fourth-order valence-corrected chi connectivity index (χ4v) is 4.38. The Bertz CT molecular complexity index is 819. The molecule has 0 spiro atoms. The molecule has 0 fully saturated rings. The van der Waals surface area contributed by atoms with Crippen LogP contribution in [0.2, 0.25) is 0 Å². The van der Waals surface area contributed by atoms with Gasteiger partial charge in [-0.3, -0.25) is 9.59 Å². The number of hydrogen-bond acceptors (Lipinski definition) is 3. The number of carbonyl (C=O) groups excluding carboxylic acids is 2. The fraction of sp³-hybridized carbons (Fsp3) is 0.333. The Morgan fingerprint density at radius 2 is 1.73 bits per heavy atom. The van der Waals surface area contributed by atoms with Crippen LogP contribution in [0.15, 0.2) is 30.3 Å². The number of hydrogen-bond donors (Lipinski definition) is 2. The van der Waals surface area contributed by atoms with Crippen LogP contribution in [-0.4, -0.2) is 15.7 Å². The Morgan fingerprint density at radius 3 is 2.42 bits per heavy atom. The first-order chi connectivity index (χ1) is 12.4. The van der Waals surface area contributed by atoms with Crippen molar-refractivity contribution in [2.75, 3.05) is 10.6 Å². The third-order valence-corrected chi connectivity index (χ3v) is 5.86. The lowest BCUT2D eigenvalue weighted by Gasteiger charge is -2.12. The van der Waals surface area contributed by atoms with Crippen molar-refractivity contribution in [3.8, 4) is 0 Å². The smallest absolute Gasteiger partial charge is 0.322 e. The van der Waals surface area contributed by atoms with Gasteiger partial charge >= 0.3 is 9.84 Å². The van der Waals surface area contributed by atoms with E-state index in [9.17, 15) is 18.4 Å². The Labute approximate surface area is 167 Å². The third-order valence-electron chi connectivity index (χ3n) is 4.16. The zero-order chi connectivity index (χ0) is 18.7. The van der Waals surface area contributed by atoms with E-state index in [1.165, 1.54) is 11.3 Å². The number of carbonyl (C=O) groups is 2. The van der Waals surface area contributed by atoms with Crippen molar-refractivity contribution in [1.82, 2.24) is 0 Å². The monoisotopic (exact) mass is 490 g/mol. The molecule has 0 bridgehead atoms. The lowest BCUT2D eigenvalue weighted by Crippen LogP contribution is -2.29. The summed E-state index contributed by atoms with van der Waals surface area (Å²) < 4.78 is 23.1. The quantitative estimate of drug-likeness (QED) is 0.350. The Kier molecular flexibility index (Phi) is 5.91. The van der Waals surface area contributed by atoms with Crippen molar-refractivity contribution in [1.29, 1.82) is 0 Å². The number of nitrogens with one attached hydrogen (secondary N) is 2. The minimum absolute atomic E-state index is 0.201. The Hall–Kier alpha value is -1.55. The molecule has 1 aromatic carbocycles. The Balaban J connectivity index is 1.96. The molecule has 1 aromatic heterocycles. The number of halogens is 3. The van der Waals surface area contributed by atoms with E-state index in [-0.39, 0.29) is 10.9 Å². The van der Waals surface area contributed by atoms with E-state index in [0.717, 1.165) is 58.7 Å². The summed E-state index contributed by atoms with van der Waals surface area (Å²) in [6.45, 7) is 0. The summed E-state index contributed by atoms with van der Waals surface area (Å²) in [5, 5.41) is 5.25. The summed E-state index contributed by atoms with van der Waals surface area (Å²) in [7, 11) is 0. The molecule has 1 aliphatic rings. The van der Waals surface area contributed by atoms with Crippen LogP contribution >= 0.6 is 33.9 Å². The van der Waals surface area contributed by atoms with Gasteiger partial charge in [-0.1, -0.05) is 24.6 Å². The number of rotatable bonds is 4. The van der Waals surface area contributed by atoms with Crippen LogP contribution in [0, 0.1) is 0 Å². The average molecular weight is 490 g/mol. The molecule has 3 rings (SSSR count). The average Bonchev–Trinajstić information content (AvgIpc) is 2.76. The van der Waals surface area contributed by atoms with E-state index in [1.807, 2.05) is 6.07 Å². The molecule has 2 aromatic rings. The molecular formula is C18H17F2IN2O2S. The number of alkyl halides is 3. The predicted molar refractivity (Wildman–Crippen MR) is 108 cm³/mol. The fourth-order valence-electron chi connectivity index (χ4n) is 2.96. The molecule has 2 amide bonds. The van der Waals surface area contributed by atoms with Gasteiger partial charge in [-0.25, -0.2) is 0 Å². The number of aryl methyl sites for hydroxylation is 1. The maximum absolute atomic E-state index is 13.3. The summed E-state index contributed by atoms with van der Waals surface area (Å²) in [6.07, 6.45) is 4.49. The van der Waals surface area contributed by atoms with E-state index < -0.39 is 9.84 Å². The van der Waals surface area contributed by atoms with Crippen molar-refractivity contribution in [2.24, 2.45) is 0 Å². The number of para-hydroxylation sites is 1. The zero-order valence-corrected chi connectivity index (χ0v) is 16.8. The molecule has 0 unspecified atom stereocenters. The first-order valence-electron chi connectivity index (χ1n) is 8.25. The molecule has 2 N–H and O–H groups in total. The summed E-state index contributed by atoms with van der Waals surface area (Å²) in [5.74, 6) is -1.80. The summed E-state index contributed by atoms with van der Waals surface area (Å²) in [4.78, 5) is 25.6. The van der Waals surface area contributed by atoms with Gasteiger partial charge in [0.25, 0.3) is 5.91 Å². The highest BCUT2D eigenvalue weighted by Crippen LogP contribution is 2.39. The molecule has 0 saturated carbocycles. The SMILES string of the molecule is O=C(Nc1ccccc1)c1c(NC(=O)C(F)(F)I)sc2c1CCCCC2. The number of fused-ring (bicyclic) bond motifs is 1. The second-order valence-corrected chi connectivity index (χ2v) is 8.50. The van der Waals surface area contributed by atoms with Crippen molar-refractivity contribution >= 4 is 56.4 Å². The summed E-state index contributed by atoms with van der Waals surface area (Å²) in [5.41, 5.74) is 1.79. The highest BCUT2D eigenvalue weighted by Gasteiger charge is 2.36. The zero-order valence-electron chi connectivity index (χ0n) is 13.8. The second-order valence-electron chi connectivity index (χ2n) is 6.04. The van der Waals surface area contributed by atoms with Gasteiger partial charge in [0.1, 0.15) is 5.00 Å². The molecule has 1 heterocycles. The van der Waals surface area contributed by atoms with E-state index in [1.54, 1.807) is 24.3 Å².